The van der Waals surface area contributed by atoms with Gasteiger partial charge in [-0.2, -0.15) is 4.98 Å². The molecule has 1 aromatic heterocycles. The second-order valence-electron chi connectivity index (χ2n) is 7.47. The number of carbonyl (C=O) groups excluding carboxylic acids is 1. The minimum atomic E-state index is -0.102. The lowest BCUT2D eigenvalue weighted by atomic mass is 10.0. The smallest absolute Gasteiger partial charge is 0.257 e. The number of aryl methyl sites for hydroxylation is 1. The van der Waals surface area contributed by atoms with Gasteiger partial charge in [0.25, 0.3) is 11.8 Å². The molecular weight excluding hydrogens is 380 g/mol. The van der Waals surface area contributed by atoms with E-state index in [1.807, 2.05) is 24.3 Å². The van der Waals surface area contributed by atoms with Gasteiger partial charge in [0.1, 0.15) is 5.75 Å². The minimum absolute atomic E-state index is 0.102. The Balaban J connectivity index is 1.45. The summed E-state index contributed by atoms with van der Waals surface area (Å²) in [5.74, 6) is 1.76. The Bertz CT molecular complexity index is 994. The van der Waals surface area contributed by atoms with Crippen LogP contribution in [0.25, 0.3) is 11.5 Å². The van der Waals surface area contributed by atoms with Crippen LogP contribution in [0.2, 0.25) is 0 Å². The summed E-state index contributed by atoms with van der Waals surface area (Å²) in [5, 5.41) is 6.90. The van der Waals surface area contributed by atoms with E-state index in [-0.39, 0.29) is 11.9 Å². The average molecular weight is 406 g/mol. The fraction of sp³-hybridized carbons (Fsp3) is 0.348. The molecule has 3 aromatic rings. The van der Waals surface area contributed by atoms with Crippen molar-refractivity contribution < 1.29 is 14.1 Å². The molecule has 1 N–H and O–H groups in total. The van der Waals surface area contributed by atoms with E-state index in [1.165, 1.54) is 12.8 Å². The number of nitrogens with zero attached hydrogens (tertiary/aromatic N) is 3. The van der Waals surface area contributed by atoms with Crippen LogP contribution in [0.1, 0.15) is 40.6 Å². The van der Waals surface area contributed by atoms with Crippen LogP contribution in [0.15, 0.2) is 53.1 Å². The quantitative estimate of drug-likeness (QED) is 0.646. The predicted molar refractivity (Wildman–Crippen MR) is 113 cm³/mol. The summed E-state index contributed by atoms with van der Waals surface area (Å²) in [7, 11) is 1.67. The summed E-state index contributed by atoms with van der Waals surface area (Å²) in [6.45, 7) is 4.39. The van der Waals surface area contributed by atoms with Gasteiger partial charge < -0.3 is 14.6 Å². The number of carbonyl (C=O) groups is 1. The second kappa shape index (κ2) is 9.09. The first-order valence-electron chi connectivity index (χ1n) is 10.2. The van der Waals surface area contributed by atoms with Crippen molar-refractivity contribution in [3.63, 3.8) is 0 Å². The molecule has 1 saturated heterocycles. The molecule has 7 heteroatoms. The molecular formula is C23H26N4O3. The lowest BCUT2D eigenvalue weighted by Gasteiger charge is -2.28. The van der Waals surface area contributed by atoms with Gasteiger partial charge in [0, 0.05) is 17.7 Å². The highest BCUT2D eigenvalue weighted by molar-refractivity contribution is 5.94. The SMILES string of the molecule is COc1cccc(C(CNC(=O)c2ccc(-c3nc(C)no3)cc2)N2CCCC2)c1. The molecule has 4 rings (SSSR count). The first-order valence-corrected chi connectivity index (χ1v) is 10.2. The summed E-state index contributed by atoms with van der Waals surface area (Å²) < 4.78 is 10.6. The Labute approximate surface area is 176 Å². The molecule has 1 fully saturated rings. The van der Waals surface area contributed by atoms with E-state index in [0.29, 0.717) is 23.8 Å². The molecule has 30 heavy (non-hydrogen) atoms. The zero-order chi connectivity index (χ0) is 20.9. The van der Waals surface area contributed by atoms with Crippen molar-refractivity contribution in [2.45, 2.75) is 25.8 Å². The van der Waals surface area contributed by atoms with Gasteiger partial charge in [0.15, 0.2) is 5.82 Å². The molecule has 2 heterocycles. The van der Waals surface area contributed by atoms with Crippen LogP contribution in [0.5, 0.6) is 5.75 Å². The van der Waals surface area contributed by atoms with Crippen molar-refractivity contribution in [2.24, 2.45) is 0 Å². The molecule has 0 spiro atoms. The number of rotatable bonds is 7. The Morgan fingerprint density at radius 3 is 2.63 bits per heavy atom. The monoisotopic (exact) mass is 406 g/mol. The minimum Gasteiger partial charge on any atom is -0.497 e. The molecule has 1 aliphatic rings. The third-order valence-corrected chi connectivity index (χ3v) is 5.44. The summed E-state index contributed by atoms with van der Waals surface area (Å²) in [6.07, 6.45) is 2.37. The van der Waals surface area contributed by atoms with Gasteiger partial charge in [-0.15, -0.1) is 0 Å². The molecule has 0 radical (unpaired) electrons. The van der Waals surface area contributed by atoms with Gasteiger partial charge >= 0.3 is 0 Å². The Morgan fingerprint density at radius 2 is 1.97 bits per heavy atom. The first-order chi connectivity index (χ1) is 14.6. The van der Waals surface area contributed by atoms with Crippen LogP contribution >= 0.6 is 0 Å². The summed E-state index contributed by atoms with van der Waals surface area (Å²) in [6, 6.07) is 15.4. The van der Waals surface area contributed by atoms with E-state index in [1.54, 1.807) is 26.2 Å². The van der Waals surface area contributed by atoms with Gasteiger partial charge in [-0.1, -0.05) is 17.3 Å². The lowest BCUT2D eigenvalue weighted by molar-refractivity contribution is 0.0938. The van der Waals surface area contributed by atoms with E-state index in [2.05, 4.69) is 32.5 Å². The number of nitrogens with one attached hydrogen (secondary N) is 1. The van der Waals surface area contributed by atoms with E-state index in [9.17, 15) is 4.79 Å². The maximum atomic E-state index is 12.8. The first kappa shape index (κ1) is 20.1. The molecule has 1 amide bonds. The molecule has 0 bridgehead atoms. The largest absolute Gasteiger partial charge is 0.497 e. The fourth-order valence-corrected chi connectivity index (χ4v) is 3.83. The molecule has 0 saturated carbocycles. The maximum Gasteiger partial charge on any atom is 0.257 e. The lowest BCUT2D eigenvalue weighted by Crippen LogP contribution is -2.36. The topological polar surface area (TPSA) is 80.5 Å². The van der Waals surface area contributed by atoms with Crippen molar-refractivity contribution in [3.8, 4) is 17.2 Å². The van der Waals surface area contributed by atoms with Crippen molar-refractivity contribution >= 4 is 5.91 Å². The average Bonchev–Trinajstić information content (AvgIpc) is 3.46. The van der Waals surface area contributed by atoms with Crippen molar-refractivity contribution in [2.75, 3.05) is 26.7 Å². The zero-order valence-electron chi connectivity index (χ0n) is 17.3. The molecule has 156 valence electrons. The predicted octanol–water partition coefficient (Wildman–Crippen LogP) is 3.62. The van der Waals surface area contributed by atoms with Crippen molar-refractivity contribution in [1.29, 1.82) is 0 Å². The number of aromatic nitrogens is 2. The number of methoxy groups -OCH3 is 1. The summed E-state index contributed by atoms with van der Waals surface area (Å²) in [4.78, 5) is 19.4. The zero-order valence-corrected chi connectivity index (χ0v) is 17.3. The standard InChI is InChI=1S/C23H26N4O3/c1-16-25-23(30-26-16)18-10-8-17(9-11-18)22(28)24-15-21(27-12-3-4-13-27)19-6-5-7-20(14-19)29-2/h5-11,14,21H,3-4,12-13,15H2,1-2H3,(H,24,28). The van der Waals surface area contributed by atoms with Gasteiger partial charge in [-0.3, -0.25) is 9.69 Å². The number of amides is 1. The van der Waals surface area contributed by atoms with Gasteiger partial charge in [-0.25, -0.2) is 0 Å². The molecule has 1 unspecified atom stereocenters. The molecule has 7 nitrogen and oxygen atoms in total. The van der Waals surface area contributed by atoms with E-state index >= 15 is 0 Å². The number of benzene rings is 2. The molecule has 1 aliphatic heterocycles. The van der Waals surface area contributed by atoms with Crippen LogP contribution in [0, 0.1) is 6.92 Å². The molecule has 0 aliphatic carbocycles. The molecule has 2 aromatic carbocycles. The third kappa shape index (κ3) is 4.52. The van der Waals surface area contributed by atoms with Gasteiger partial charge in [0.05, 0.1) is 13.2 Å². The fourth-order valence-electron chi connectivity index (χ4n) is 3.83. The highest BCUT2D eigenvalue weighted by Crippen LogP contribution is 2.27. The Kier molecular flexibility index (Phi) is 6.09. The van der Waals surface area contributed by atoms with Crippen LogP contribution in [0.4, 0.5) is 0 Å². The van der Waals surface area contributed by atoms with Crippen molar-refractivity contribution in [1.82, 2.24) is 20.4 Å². The maximum absolute atomic E-state index is 12.8. The Morgan fingerprint density at radius 1 is 1.20 bits per heavy atom. The van der Waals surface area contributed by atoms with Crippen LogP contribution in [0.3, 0.4) is 0 Å². The van der Waals surface area contributed by atoms with Crippen LogP contribution < -0.4 is 10.1 Å². The highest BCUT2D eigenvalue weighted by Gasteiger charge is 2.24. The van der Waals surface area contributed by atoms with Crippen LogP contribution in [-0.4, -0.2) is 47.7 Å². The normalized spacial score (nSPS) is 15.1. The van der Waals surface area contributed by atoms with Crippen LogP contribution in [-0.2, 0) is 0 Å². The van der Waals surface area contributed by atoms with Gasteiger partial charge in [-0.05, 0) is 74.8 Å². The van der Waals surface area contributed by atoms with E-state index in [4.69, 9.17) is 9.26 Å². The van der Waals surface area contributed by atoms with E-state index in [0.717, 1.165) is 30.0 Å². The summed E-state index contributed by atoms with van der Waals surface area (Å²) >= 11 is 0. The number of hydrogen-bond donors (Lipinski definition) is 1. The second-order valence-corrected chi connectivity index (χ2v) is 7.47. The number of hydrogen-bond acceptors (Lipinski definition) is 6. The number of likely N-dealkylation sites (tertiary alicyclic amines) is 1. The summed E-state index contributed by atoms with van der Waals surface area (Å²) in [5.41, 5.74) is 2.54. The molecule has 1 atom stereocenters. The van der Waals surface area contributed by atoms with Gasteiger partial charge in [0.2, 0.25) is 0 Å². The highest BCUT2D eigenvalue weighted by atomic mass is 16.5. The Hall–Kier alpha value is -3.19. The van der Waals surface area contributed by atoms with Crippen molar-refractivity contribution in [3.05, 3.63) is 65.5 Å². The van der Waals surface area contributed by atoms with E-state index < -0.39 is 0 Å². The third-order valence-electron chi connectivity index (χ3n) is 5.44. The number of ether oxygens (including phenoxy) is 1.